The number of hydrogen-bond donors (Lipinski definition) is 1. The van der Waals surface area contributed by atoms with Gasteiger partial charge in [0.25, 0.3) is 0 Å². The van der Waals surface area contributed by atoms with E-state index >= 15 is 0 Å². The summed E-state index contributed by atoms with van der Waals surface area (Å²) in [5.74, 6) is -0.235. The first kappa shape index (κ1) is 15.2. The zero-order valence-corrected chi connectivity index (χ0v) is 10.3. The van der Waals surface area contributed by atoms with Gasteiger partial charge in [-0.15, -0.1) is 12.4 Å². The van der Waals surface area contributed by atoms with Crippen LogP contribution in [0.2, 0.25) is 0 Å². The topological polar surface area (TPSA) is 72.6 Å². The molecular weight excluding hydrogens is 232 g/mol. The lowest BCUT2D eigenvalue weighted by atomic mass is 9.97. The summed E-state index contributed by atoms with van der Waals surface area (Å²) in [6.07, 6.45) is 1.37. The zero-order valence-electron chi connectivity index (χ0n) is 9.48. The number of ether oxygens (including phenoxy) is 1. The van der Waals surface area contributed by atoms with Crippen molar-refractivity contribution >= 4 is 24.3 Å². The van der Waals surface area contributed by atoms with Crippen LogP contribution in [-0.4, -0.2) is 43.0 Å². The molecule has 0 aromatic rings. The lowest BCUT2D eigenvalue weighted by Gasteiger charge is -2.30. The molecule has 0 radical (unpaired) electrons. The minimum absolute atomic E-state index is 0. The van der Waals surface area contributed by atoms with Gasteiger partial charge in [0.05, 0.1) is 19.1 Å². The van der Waals surface area contributed by atoms with Crippen molar-refractivity contribution in [3.8, 4) is 0 Å². The van der Waals surface area contributed by atoms with Crippen LogP contribution in [0.3, 0.4) is 0 Å². The van der Waals surface area contributed by atoms with Crippen LogP contribution < -0.4 is 5.73 Å². The fraction of sp³-hybridized carbons (Fsp3) is 0.800. The predicted molar refractivity (Wildman–Crippen MR) is 62.2 cm³/mol. The number of amides is 1. The molecule has 0 spiro atoms. The van der Waals surface area contributed by atoms with Gasteiger partial charge >= 0.3 is 5.97 Å². The molecule has 2 N–H and O–H groups in total. The van der Waals surface area contributed by atoms with E-state index in [-0.39, 0.29) is 36.7 Å². The van der Waals surface area contributed by atoms with Gasteiger partial charge in [-0.1, -0.05) is 0 Å². The summed E-state index contributed by atoms with van der Waals surface area (Å²) in [4.78, 5) is 24.4. The van der Waals surface area contributed by atoms with E-state index in [1.54, 1.807) is 11.8 Å². The first-order valence-corrected chi connectivity index (χ1v) is 5.33. The smallest absolute Gasteiger partial charge is 0.309 e. The molecule has 1 rings (SSSR count). The molecule has 0 aromatic heterocycles. The Morgan fingerprint density at radius 2 is 1.94 bits per heavy atom. The van der Waals surface area contributed by atoms with E-state index in [9.17, 15) is 9.59 Å². The number of esters is 1. The summed E-state index contributed by atoms with van der Waals surface area (Å²) in [6, 6.07) is 0. The van der Waals surface area contributed by atoms with Crippen molar-refractivity contribution in [3.05, 3.63) is 0 Å². The van der Waals surface area contributed by atoms with Crippen LogP contribution in [0.1, 0.15) is 19.8 Å². The predicted octanol–water partition coefficient (Wildman–Crippen LogP) is 0.169. The maximum atomic E-state index is 11.4. The SMILES string of the molecule is CCOC(=O)C1CCN(C(=O)CN)CC1.Cl. The van der Waals surface area contributed by atoms with E-state index in [4.69, 9.17) is 10.5 Å². The number of rotatable bonds is 3. The number of piperidine rings is 1. The molecule has 0 aromatic carbocycles. The van der Waals surface area contributed by atoms with Crippen LogP contribution in [-0.2, 0) is 14.3 Å². The van der Waals surface area contributed by atoms with E-state index < -0.39 is 0 Å². The Balaban J connectivity index is 0.00000225. The van der Waals surface area contributed by atoms with Gasteiger partial charge in [0.15, 0.2) is 0 Å². The molecule has 1 aliphatic heterocycles. The first-order valence-electron chi connectivity index (χ1n) is 5.33. The third-order valence-electron chi connectivity index (χ3n) is 2.64. The third kappa shape index (κ3) is 3.98. The number of carbonyl (C=O) groups excluding carboxylic acids is 2. The standard InChI is InChI=1S/C10H18N2O3.ClH/c1-2-15-10(14)8-3-5-12(6-4-8)9(13)7-11;/h8H,2-7,11H2,1H3;1H. The first-order chi connectivity index (χ1) is 7.19. The zero-order chi connectivity index (χ0) is 11.3. The fourth-order valence-corrected chi connectivity index (χ4v) is 1.75. The number of halogens is 1. The third-order valence-corrected chi connectivity index (χ3v) is 2.64. The van der Waals surface area contributed by atoms with Crippen molar-refractivity contribution in [1.82, 2.24) is 4.90 Å². The Kier molecular flexibility index (Phi) is 7.08. The van der Waals surface area contributed by atoms with Gasteiger partial charge in [-0.3, -0.25) is 9.59 Å². The monoisotopic (exact) mass is 250 g/mol. The molecule has 0 atom stereocenters. The molecule has 1 amide bonds. The normalized spacial score (nSPS) is 16.5. The second-order valence-corrected chi connectivity index (χ2v) is 3.61. The van der Waals surface area contributed by atoms with Crippen LogP contribution in [0, 0.1) is 5.92 Å². The van der Waals surface area contributed by atoms with E-state index in [2.05, 4.69) is 0 Å². The van der Waals surface area contributed by atoms with Crippen LogP contribution in [0.5, 0.6) is 0 Å². The Morgan fingerprint density at radius 1 is 1.38 bits per heavy atom. The molecule has 0 bridgehead atoms. The largest absolute Gasteiger partial charge is 0.466 e. The molecule has 1 fully saturated rings. The van der Waals surface area contributed by atoms with Crippen molar-refractivity contribution in [2.24, 2.45) is 11.7 Å². The molecule has 1 heterocycles. The maximum absolute atomic E-state index is 11.4. The molecule has 6 heteroatoms. The van der Waals surface area contributed by atoms with Crippen molar-refractivity contribution in [3.63, 3.8) is 0 Å². The molecule has 5 nitrogen and oxygen atoms in total. The van der Waals surface area contributed by atoms with Gasteiger partial charge in [-0.25, -0.2) is 0 Å². The van der Waals surface area contributed by atoms with Crippen molar-refractivity contribution < 1.29 is 14.3 Å². The Bertz CT molecular complexity index is 240. The number of hydrogen-bond acceptors (Lipinski definition) is 4. The van der Waals surface area contributed by atoms with Crippen molar-refractivity contribution in [2.75, 3.05) is 26.2 Å². The van der Waals surface area contributed by atoms with Crippen LogP contribution >= 0.6 is 12.4 Å². The second-order valence-electron chi connectivity index (χ2n) is 3.61. The van der Waals surface area contributed by atoms with E-state index in [1.807, 2.05) is 0 Å². The van der Waals surface area contributed by atoms with Crippen LogP contribution in [0.15, 0.2) is 0 Å². The quantitative estimate of drug-likeness (QED) is 0.725. The Morgan fingerprint density at radius 3 is 2.38 bits per heavy atom. The molecule has 0 unspecified atom stereocenters. The summed E-state index contributed by atoms with van der Waals surface area (Å²) in [5.41, 5.74) is 5.26. The van der Waals surface area contributed by atoms with E-state index in [0.29, 0.717) is 32.5 Å². The van der Waals surface area contributed by atoms with Gasteiger partial charge in [0.2, 0.25) is 5.91 Å². The minimum Gasteiger partial charge on any atom is -0.466 e. The van der Waals surface area contributed by atoms with E-state index in [1.165, 1.54) is 0 Å². The maximum Gasteiger partial charge on any atom is 0.309 e. The molecular formula is C10H19ClN2O3. The highest BCUT2D eigenvalue weighted by molar-refractivity contribution is 5.85. The van der Waals surface area contributed by atoms with Crippen molar-refractivity contribution in [1.29, 1.82) is 0 Å². The summed E-state index contributed by atoms with van der Waals surface area (Å²) in [7, 11) is 0. The molecule has 1 aliphatic rings. The van der Waals surface area contributed by atoms with Gasteiger partial charge in [-0.05, 0) is 19.8 Å². The van der Waals surface area contributed by atoms with Gasteiger partial charge < -0.3 is 15.4 Å². The molecule has 0 aliphatic carbocycles. The van der Waals surface area contributed by atoms with Crippen LogP contribution in [0.25, 0.3) is 0 Å². The fourth-order valence-electron chi connectivity index (χ4n) is 1.75. The molecule has 0 saturated carbocycles. The Hall–Kier alpha value is -0.810. The highest BCUT2D eigenvalue weighted by atomic mass is 35.5. The van der Waals surface area contributed by atoms with E-state index in [0.717, 1.165) is 0 Å². The Labute approximate surface area is 102 Å². The van der Waals surface area contributed by atoms with Gasteiger partial charge in [-0.2, -0.15) is 0 Å². The summed E-state index contributed by atoms with van der Waals surface area (Å²) >= 11 is 0. The van der Waals surface area contributed by atoms with Crippen molar-refractivity contribution in [2.45, 2.75) is 19.8 Å². The molecule has 1 saturated heterocycles. The van der Waals surface area contributed by atoms with Crippen LogP contribution in [0.4, 0.5) is 0 Å². The summed E-state index contributed by atoms with van der Waals surface area (Å²) in [6.45, 7) is 3.48. The van der Waals surface area contributed by atoms with Gasteiger partial charge in [0, 0.05) is 13.1 Å². The lowest BCUT2D eigenvalue weighted by molar-refractivity contribution is -0.151. The summed E-state index contributed by atoms with van der Waals surface area (Å²) in [5, 5.41) is 0. The number of carbonyl (C=O) groups is 2. The molecule has 16 heavy (non-hydrogen) atoms. The average Bonchev–Trinajstić information content (AvgIpc) is 2.28. The highest BCUT2D eigenvalue weighted by Crippen LogP contribution is 2.18. The second kappa shape index (κ2) is 7.46. The number of nitrogens with zero attached hydrogens (tertiary/aromatic N) is 1. The molecule has 94 valence electrons. The number of nitrogens with two attached hydrogens (primary N) is 1. The lowest BCUT2D eigenvalue weighted by Crippen LogP contribution is -2.43. The highest BCUT2D eigenvalue weighted by Gasteiger charge is 2.27. The minimum atomic E-state index is -0.141. The summed E-state index contributed by atoms with van der Waals surface area (Å²) < 4.78 is 4.94. The average molecular weight is 251 g/mol. The van der Waals surface area contributed by atoms with Gasteiger partial charge in [0.1, 0.15) is 0 Å². The number of likely N-dealkylation sites (tertiary alicyclic amines) is 1.